The molecule has 7 heteroatoms. The predicted molar refractivity (Wildman–Crippen MR) is 123 cm³/mol. The second-order valence-electron chi connectivity index (χ2n) is 9.53. The highest BCUT2D eigenvalue weighted by Gasteiger charge is 2.65. The Kier molecular flexibility index (Phi) is 5.53. The van der Waals surface area contributed by atoms with Gasteiger partial charge in [0.05, 0.1) is 12.5 Å². The molecule has 32 heavy (non-hydrogen) atoms. The van der Waals surface area contributed by atoms with E-state index in [1.807, 2.05) is 12.1 Å². The number of aromatic nitrogens is 2. The lowest BCUT2D eigenvalue weighted by molar-refractivity contribution is -0.142. The van der Waals surface area contributed by atoms with Crippen LogP contribution in [-0.4, -0.2) is 72.1 Å². The average Bonchev–Trinajstić information content (AvgIpc) is 3.34. The normalized spacial score (nSPS) is 25.2. The number of likely N-dealkylation sites (tertiary alicyclic amines) is 2. The fourth-order valence-corrected chi connectivity index (χ4v) is 6.24. The Hall–Kier alpha value is -2.67. The van der Waals surface area contributed by atoms with Crippen molar-refractivity contribution in [3.05, 3.63) is 48.3 Å². The standard InChI is InChI=1S/C25H33N5O2/c1-3-29-15-10-25(22(29)31)19-30(23-26-11-5-12-27-23)18-24(25)8-13-28(14-9-24)17-20-6-4-7-21(16-20)32-2/h4-7,11-12,16H,3,8-10,13-15,17-19H2,1-2H3. The van der Waals surface area contributed by atoms with E-state index in [9.17, 15) is 4.79 Å². The maximum Gasteiger partial charge on any atom is 0.231 e. The van der Waals surface area contributed by atoms with E-state index in [0.29, 0.717) is 5.91 Å². The van der Waals surface area contributed by atoms with Crippen LogP contribution in [0.3, 0.4) is 0 Å². The minimum atomic E-state index is -0.315. The smallest absolute Gasteiger partial charge is 0.231 e. The van der Waals surface area contributed by atoms with Crippen LogP contribution >= 0.6 is 0 Å². The van der Waals surface area contributed by atoms with Crippen molar-refractivity contribution in [1.29, 1.82) is 0 Å². The number of carbonyl (C=O) groups is 1. The van der Waals surface area contributed by atoms with E-state index in [4.69, 9.17) is 4.74 Å². The van der Waals surface area contributed by atoms with E-state index in [0.717, 1.165) is 76.8 Å². The van der Waals surface area contributed by atoms with Crippen LogP contribution in [0.15, 0.2) is 42.7 Å². The van der Waals surface area contributed by atoms with Crippen molar-refractivity contribution in [3.8, 4) is 5.75 Å². The molecule has 0 N–H and O–H groups in total. The molecule has 0 radical (unpaired) electrons. The van der Waals surface area contributed by atoms with Crippen LogP contribution in [0, 0.1) is 10.8 Å². The van der Waals surface area contributed by atoms with Gasteiger partial charge in [-0.25, -0.2) is 9.97 Å². The Balaban J connectivity index is 1.37. The molecule has 0 bridgehead atoms. The molecule has 3 fully saturated rings. The molecule has 3 aliphatic rings. The summed E-state index contributed by atoms with van der Waals surface area (Å²) in [6.07, 6.45) is 6.60. The van der Waals surface area contributed by atoms with Crippen LogP contribution in [0.1, 0.15) is 31.7 Å². The molecular formula is C25H33N5O2. The summed E-state index contributed by atoms with van der Waals surface area (Å²) in [5.41, 5.74) is 0.942. The summed E-state index contributed by atoms with van der Waals surface area (Å²) in [6.45, 7) is 8.28. The molecule has 3 aliphatic heterocycles. The molecule has 2 aromatic rings. The van der Waals surface area contributed by atoms with Crippen molar-refractivity contribution >= 4 is 11.9 Å². The molecular weight excluding hydrogens is 402 g/mol. The number of rotatable bonds is 5. The maximum atomic E-state index is 13.7. The molecule has 170 valence electrons. The Bertz CT molecular complexity index is 960. The number of fused-ring (bicyclic) bond motifs is 1. The first kappa shape index (κ1) is 21.2. The number of anilines is 1. The van der Waals surface area contributed by atoms with Gasteiger partial charge < -0.3 is 14.5 Å². The van der Waals surface area contributed by atoms with Gasteiger partial charge in [-0.2, -0.15) is 0 Å². The molecule has 1 amide bonds. The summed E-state index contributed by atoms with van der Waals surface area (Å²) in [5.74, 6) is 2.01. The Labute approximate surface area is 190 Å². The monoisotopic (exact) mass is 435 g/mol. The van der Waals surface area contributed by atoms with Gasteiger partial charge in [0.2, 0.25) is 11.9 Å². The second-order valence-corrected chi connectivity index (χ2v) is 9.53. The Morgan fingerprint density at radius 1 is 1.03 bits per heavy atom. The maximum absolute atomic E-state index is 13.7. The average molecular weight is 436 g/mol. The van der Waals surface area contributed by atoms with Crippen LogP contribution in [0.4, 0.5) is 5.95 Å². The van der Waals surface area contributed by atoms with Gasteiger partial charge in [0, 0.05) is 50.5 Å². The fraction of sp³-hybridized carbons (Fsp3) is 0.560. The first-order valence-electron chi connectivity index (χ1n) is 11.8. The van der Waals surface area contributed by atoms with Crippen molar-refractivity contribution in [2.45, 2.75) is 32.7 Å². The van der Waals surface area contributed by atoms with Crippen molar-refractivity contribution in [2.75, 3.05) is 51.3 Å². The van der Waals surface area contributed by atoms with Gasteiger partial charge in [0.25, 0.3) is 0 Å². The van der Waals surface area contributed by atoms with E-state index < -0.39 is 0 Å². The lowest BCUT2D eigenvalue weighted by atomic mass is 9.60. The highest BCUT2D eigenvalue weighted by molar-refractivity contribution is 5.87. The zero-order valence-electron chi connectivity index (χ0n) is 19.2. The minimum absolute atomic E-state index is 0.0158. The topological polar surface area (TPSA) is 61.8 Å². The molecule has 7 nitrogen and oxygen atoms in total. The number of ether oxygens (including phenoxy) is 1. The summed E-state index contributed by atoms with van der Waals surface area (Å²) >= 11 is 0. The van der Waals surface area contributed by atoms with E-state index in [1.165, 1.54) is 5.56 Å². The lowest BCUT2D eigenvalue weighted by Crippen LogP contribution is -2.52. The van der Waals surface area contributed by atoms with E-state index >= 15 is 0 Å². The Morgan fingerprint density at radius 2 is 1.81 bits per heavy atom. The summed E-state index contributed by atoms with van der Waals surface area (Å²) in [4.78, 5) is 29.6. The highest BCUT2D eigenvalue weighted by atomic mass is 16.5. The van der Waals surface area contributed by atoms with Crippen molar-refractivity contribution in [1.82, 2.24) is 19.8 Å². The van der Waals surface area contributed by atoms with Crippen LogP contribution in [0.25, 0.3) is 0 Å². The minimum Gasteiger partial charge on any atom is -0.497 e. The number of nitrogens with zero attached hydrogens (tertiary/aromatic N) is 5. The number of benzene rings is 1. The van der Waals surface area contributed by atoms with Crippen molar-refractivity contribution in [2.24, 2.45) is 10.8 Å². The summed E-state index contributed by atoms with van der Waals surface area (Å²) in [7, 11) is 1.71. The van der Waals surface area contributed by atoms with Gasteiger partial charge in [-0.1, -0.05) is 12.1 Å². The van der Waals surface area contributed by atoms with Gasteiger partial charge >= 0.3 is 0 Å². The Morgan fingerprint density at radius 3 is 2.50 bits per heavy atom. The fourth-order valence-electron chi connectivity index (χ4n) is 6.24. The summed E-state index contributed by atoms with van der Waals surface area (Å²) in [5, 5.41) is 0. The van der Waals surface area contributed by atoms with Gasteiger partial charge in [0.15, 0.2) is 0 Å². The quantitative estimate of drug-likeness (QED) is 0.720. The molecule has 1 unspecified atom stereocenters. The number of methoxy groups -OCH3 is 1. The third-order valence-corrected chi connectivity index (χ3v) is 8.04. The molecule has 2 spiro atoms. The summed E-state index contributed by atoms with van der Waals surface area (Å²) in [6, 6.07) is 10.2. The predicted octanol–water partition coefficient (Wildman–Crippen LogP) is 2.83. The molecule has 0 saturated carbocycles. The number of hydrogen-bond donors (Lipinski definition) is 0. The zero-order chi connectivity index (χ0) is 22.2. The van der Waals surface area contributed by atoms with Crippen LogP contribution in [0.5, 0.6) is 5.75 Å². The third-order valence-electron chi connectivity index (χ3n) is 8.04. The number of amides is 1. The van der Waals surface area contributed by atoms with Crippen LogP contribution in [0.2, 0.25) is 0 Å². The zero-order valence-corrected chi connectivity index (χ0v) is 19.2. The SMILES string of the molecule is CCN1CCC2(CN(c3ncccn3)CC23CCN(Cc2cccc(OC)c2)CC3)C1=O. The molecule has 1 atom stereocenters. The molecule has 5 rings (SSSR count). The first-order valence-corrected chi connectivity index (χ1v) is 11.8. The molecule has 4 heterocycles. The van der Waals surface area contributed by atoms with Crippen molar-refractivity contribution < 1.29 is 9.53 Å². The molecule has 3 saturated heterocycles. The van der Waals surface area contributed by atoms with E-state index in [-0.39, 0.29) is 10.8 Å². The van der Waals surface area contributed by atoms with Gasteiger partial charge in [0.1, 0.15) is 5.75 Å². The molecule has 1 aromatic heterocycles. The number of carbonyl (C=O) groups excluding carboxylic acids is 1. The van der Waals surface area contributed by atoms with Gasteiger partial charge in [-0.05, 0) is 63.0 Å². The van der Waals surface area contributed by atoms with Crippen LogP contribution < -0.4 is 9.64 Å². The largest absolute Gasteiger partial charge is 0.497 e. The molecule has 1 aromatic carbocycles. The van der Waals surface area contributed by atoms with Gasteiger partial charge in [-0.15, -0.1) is 0 Å². The number of hydrogen-bond acceptors (Lipinski definition) is 6. The number of piperidine rings is 1. The van der Waals surface area contributed by atoms with Crippen molar-refractivity contribution in [3.63, 3.8) is 0 Å². The van der Waals surface area contributed by atoms with E-state index in [1.54, 1.807) is 19.5 Å². The second kappa shape index (κ2) is 8.35. The first-order chi connectivity index (χ1) is 15.6. The lowest BCUT2D eigenvalue weighted by Gasteiger charge is -2.46. The highest BCUT2D eigenvalue weighted by Crippen LogP contribution is 2.58. The van der Waals surface area contributed by atoms with Gasteiger partial charge in [-0.3, -0.25) is 9.69 Å². The third kappa shape index (κ3) is 3.43. The van der Waals surface area contributed by atoms with Crippen LogP contribution in [-0.2, 0) is 11.3 Å². The van der Waals surface area contributed by atoms with E-state index in [2.05, 4.69) is 49.8 Å². The molecule has 0 aliphatic carbocycles. The summed E-state index contributed by atoms with van der Waals surface area (Å²) < 4.78 is 5.39.